The van der Waals surface area contributed by atoms with Crippen LogP contribution in [-0.4, -0.2) is 32.7 Å². The molecule has 1 aromatic heterocycles. The first-order valence-electron chi connectivity index (χ1n) is 7.58. The van der Waals surface area contributed by atoms with Gasteiger partial charge in [-0.05, 0) is 30.3 Å². The largest absolute Gasteiger partial charge is 0.497 e. The number of sulfone groups is 1. The monoisotopic (exact) mass is 388 g/mol. The van der Waals surface area contributed by atoms with E-state index in [2.05, 4.69) is 10.3 Å². The molecule has 0 aliphatic heterocycles. The summed E-state index contributed by atoms with van der Waals surface area (Å²) >= 11 is 1.29. The highest BCUT2D eigenvalue weighted by Crippen LogP contribution is 2.26. The van der Waals surface area contributed by atoms with Gasteiger partial charge in [0, 0.05) is 22.8 Å². The summed E-state index contributed by atoms with van der Waals surface area (Å²) in [5.41, 5.74) is 1.91. The van der Waals surface area contributed by atoms with Crippen molar-refractivity contribution >= 4 is 32.2 Å². The highest BCUT2D eigenvalue weighted by Gasteiger charge is 2.12. The van der Waals surface area contributed by atoms with Crippen molar-refractivity contribution in [1.82, 2.24) is 4.98 Å². The van der Waals surface area contributed by atoms with Crippen molar-refractivity contribution in [3.8, 4) is 17.0 Å². The Morgan fingerprint density at radius 1 is 1.15 bits per heavy atom. The number of anilines is 1. The summed E-state index contributed by atoms with van der Waals surface area (Å²) < 4.78 is 28.1. The van der Waals surface area contributed by atoms with Gasteiger partial charge in [0.25, 0.3) is 5.91 Å². The number of thiazole rings is 1. The fourth-order valence-corrected chi connectivity index (χ4v) is 3.62. The normalized spacial score (nSPS) is 11.2. The molecule has 0 radical (unpaired) electrons. The second-order valence-electron chi connectivity index (χ2n) is 5.52. The van der Waals surface area contributed by atoms with Gasteiger partial charge in [0.05, 0.1) is 17.7 Å². The maximum absolute atomic E-state index is 12.3. The van der Waals surface area contributed by atoms with Gasteiger partial charge in [-0.1, -0.05) is 18.2 Å². The molecule has 3 rings (SSSR count). The molecule has 2 aromatic carbocycles. The number of benzene rings is 2. The van der Waals surface area contributed by atoms with Crippen LogP contribution in [0.2, 0.25) is 0 Å². The van der Waals surface area contributed by atoms with Gasteiger partial charge in [-0.2, -0.15) is 0 Å². The second kappa shape index (κ2) is 7.27. The molecule has 1 N–H and O–H groups in total. The van der Waals surface area contributed by atoms with E-state index >= 15 is 0 Å². The van der Waals surface area contributed by atoms with Gasteiger partial charge in [-0.3, -0.25) is 10.1 Å². The molecule has 26 heavy (non-hydrogen) atoms. The van der Waals surface area contributed by atoms with E-state index in [1.165, 1.54) is 11.3 Å². The third-order valence-corrected chi connectivity index (χ3v) is 5.52. The van der Waals surface area contributed by atoms with Gasteiger partial charge in [-0.25, -0.2) is 13.4 Å². The maximum Gasteiger partial charge on any atom is 0.257 e. The van der Waals surface area contributed by atoms with Gasteiger partial charge in [-0.15, -0.1) is 11.3 Å². The lowest BCUT2D eigenvalue weighted by Crippen LogP contribution is -2.11. The number of hydrogen-bond acceptors (Lipinski definition) is 6. The van der Waals surface area contributed by atoms with Gasteiger partial charge in [0.2, 0.25) is 0 Å². The molecule has 0 fully saturated rings. The minimum absolute atomic E-state index is 0.253. The van der Waals surface area contributed by atoms with Crippen molar-refractivity contribution in [2.45, 2.75) is 4.90 Å². The van der Waals surface area contributed by atoms with Crippen LogP contribution in [0.4, 0.5) is 5.13 Å². The molecule has 0 atom stereocenters. The molecule has 8 heteroatoms. The van der Waals surface area contributed by atoms with Crippen LogP contribution in [0.3, 0.4) is 0 Å². The Bertz CT molecular complexity index is 1040. The van der Waals surface area contributed by atoms with Gasteiger partial charge in [0.1, 0.15) is 5.75 Å². The Labute approximate surface area is 155 Å². The number of aromatic nitrogens is 1. The molecule has 6 nitrogen and oxygen atoms in total. The van der Waals surface area contributed by atoms with Crippen LogP contribution in [-0.2, 0) is 9.84 Å². The number of hydrogen-bond donors (Lipinski definition) is 1. The number of ether oxygens (including phenoxy) is 1. The van der Waals surface area contributed by atoms with E-state index in [0.29, 0.717) is 22.1 Å². The smallest absolute Gasteiger partial charge is 0.257 e. The molecular weight excluding hydrogens is 372 g/mol. The van der Waals surface area contributed by atoms with Crippen molar-refractivity contribution in [1.29, 1.82) is 0 Å². The molecule has 1 amide bonds. The van der Waals surface area contributed by atoms with E-state index in [0.717, 1.165) is 11.8 Å². The standard InChI is InChI=1S/C18H16N2O4S2/c1-24-14-5-3-4-13(10-14)17(21)20-18-19-16(11-25-18)12-6-8-15(9-7-12)26(2,22)23/h3-11H,1-2H3,(H,19,20,21). The minimum Gasteiger partial charge on any atom is -0.497 e. The summed E-state index contributed by atoms with van der Waals surface area (Å²) in [6.07, 6.45) is 1.16. The molecule has 1 heterocycles. The van der Waals surface area contributed by atoms with E-state index in [-0.39, 0.29) is 10.8 Å². The van der Waals surface area contributed by atoms with Gasteiger partial charge >= 0.3 is 0 Å². The number of nitrogens with zero attached hydrogens (tertiary/aromatic N) is 1. The number of carbonyl (C=O) groups excluding carboxylic acids is 1. The Kier molecular flexibility index (Phi) is 5.06. The Hall–Kier alpha value is -2.71. The average molecular weight is 388 g/mol. The molecule has 0 spiro atoms. The Balaban J connectivity index is 1.76. The number of amides is 1. The lowest BCUT2D eigenvalue weighted by atomic mass is 10.2. The number of nitrogens with one attached hydrogen (secondary N) is 1. The predicted molar refractivity (Wildman–Crippen MR) is 102 cm³/mol. The van der Waals surface area contributed by atoms with Crippen LogP contribution >= 0.6 is 11.3 Å². The van der Waals surface area contributed by atoms with Gasteiger partial charge in [0.15, 0.2) is 15.0 Å². The zero-order valence-corrected chi connectivity index (χ0v) is 15.7. The van der Waals surface area contributed by atoms with Crippen molar-refractivity contribution in [2.24, 2.45) is 0 Å². The lowest BCUT2D eigenvalue weighted by molar-refractivity contribution is 0.102. The van der Waals surface area contributed by atoms with Crippen molar-refractivity contribution in [3.05, 3.63) is 59.5 Å². The number of carbonyl (C=O) groups is 1. The number of methoxy groups -OCH3 is 1. The summed E-state index contributed by atoms with van der Waals surface area (Å²) in [6, 6.07) is 13.3. The molecule has 0 saturated heterocycles. The predicted octanol–water partition coefficient (Wildman–Crippen LogP) is 3.47. The van der Waals surface area contributed by atoms with Crippen LogP contribution in [0.25, 0.3) is 11.3 Å². The third-order valence-electron chi connectivity index (χ3n) is 3.63. The summed E-state index contributed by atoms with van der Waals surface area (Å²) in [5.74, 6) is 0.320. The van der Waals surface area contributed by atoms with E-state index < -0.39 is 9.84 Å². The first-order chi connectivity index (χ1) is 12.4. The van der Waals surface area contributed by atoms with Crippen molar-refractivity contribution in [3.63, 3.8) is 0 Å². The Morgan fingerprint density at radius 3 is 2.54 bits per heavy atom. The first-order valence-corrected chi connectivity index (χ1v) is 10.4. The van der Waals surface area contributed by atoms with E-state index in [1.54, 1.807) is 61.0 Å². The van der Waals surface area contributed by atoms with E-state index in [9.17, 15) is 13.2 Å². The van der Waals surface area contributed by atoms with Crippen molar-refractivity contribution in [2.75, 3.05) is 18.7 Å². The number of rotatable bonds is 5. The summed E-state index contributed by atoms with van der Waals surface area (Å²) in [7, 11) is -1.69. The SMILES string of the molecule is COc1cccc(C(=O)Nc2nc(-c3ccc(S(C)(=O)=O)cc3)cs2)c1. The molecule has 0 bridgehead atoms. The fourth-order valence-electron chi connectivity index (χ4n) is 2.27. The molecule has 0 aliphatic rings. The summed E-state index contributed by atoms with van der Waals surface area (Å²) in [5, 5.41) is 5.01. The average Bonchev–Trinajstić information content (AvgIpc) is 3.09. The third kappa shape index (κ3) is 4.09. The minimum atomic E-state index is -3.23. The van der Waals surface area contributed by atoms with Gasteiger partial charge < -0.3 is 4.74 Å². The molecule has 0 saturated carbocycles. The molecule has 0 unspecified atom stereocenters. The second-order valence-corrected chi connectivity index (χ2v) is 8.39. The quantitative estimate of drug-likeness (QED) is 0.723. The summed E-state index contributed by atoms with van der Waals surface area (Å²) in [4.78, 5) is 17.0. The van der Waals surface area contributed by atoms with Crippen LogP contribution in [0, 0.1) is 0 Å². The van der Waals surface area contributed by atoms with Crippen LogP contribution in [0.5, 0.6) is 5.75 Å². The first kappa shape index (κ1) is 18.1. The van der Waals surface area contributed by atoms with Crippen molar-refractivity contribution < 1.29 is 17.9 Å². The highest BCUT2D eigenvalue weighted by molar-refractivity contribution is 7.90. The topological polar surface area (TPSA) is 85.4 Å². The van der Waals surface area contributed by atoms with Crippen LogP contribution in [0.15, 0.2) is 58.8 Å². The van der Waals surface area contributed by atoms with E-state index in [1.807, 2.05) is 0 Å². The molecule has 134 valence electrons. The summed E-state index contributed by atoms with van der Waals surface area (Å²) in [6.45, 7) is 0. The highest BCUT2D eigenvalue weighted by atomic mass is 32.2. The molecule has 0 aliphatic carbocycles. The molecular formula is C18H16N2O4S2. The van der Waals surface area contributed by atoms with Crippen LogP contribution in [0.1, 0.15) is 10.4 Å². The zero-order chi connectivity index (χ0) is 18.7. The molecule has 3 aromatic rings. The lowest BCUT2D eigenvalue weighted by Gasteiger charge is -2.04. The van der Waals surface area contributed by atoms with E-state index in [4.69, 9.17) is 4.74 Å². The zero-order valence-electron chi connectivity index (χ0n) is 14.1. The maximum atomic E-state index is 12.3. The Morgan fingerprint density at radius 2 is 1.88 bits per heavy atom. The van der Waals surface area contributed by atoms with Crippen LogP contribution < -0.4 is 10.1 Å². The fraction of sp³-hybridized carbons (Fsp3) is 0.111.